The third-order valence-electron chi connectivity index (χ3n) is 3.25. The molecular formula is C16H18FNOS. The molecule has 106 valence electrons. The zero-order valence-corrected chi connectivity index (χ0v) is 12.8. The minimum absolute atomic E-state index is 0.109. The molecule has 1 aromatic carbocycles. The second-order valence-electron chi connectivity index (χ2n) is 4.74. The fraction of sp³-hybridized carbons (Fsp3) is 0.312. The lowest BCUT2D eigenvalue weighted by molar-refractivity contribution is 0.0999. The molecule has 4 heteroatoms. The molecule has 0 saturated carbocycles. The second-order valence-corrected chi connectivity index (χ2v) is 6.20. The summed E-state index contributed by atoms with van der Waals surface area (Å²) in [7, 11) is 0. The van der Waals surface area contributed by atoms with Crippen LogP contribution in [-0.2, 0) is 0 Å². The third-order valence-corrected chi connectivity index (χ3v) is 4.22. The summed E-state index contributed by atoms with van der Waals surface area (Å²) in [6.45, 7) is 6.99. The summed E-state index contributed by atoms with van der Waals surface area (Å²) >= 11 is 1.64. The largest absolute Gasteiger partial charge is 0.364 e. The zero-order chi connectivity index (χ0) is 14.7. The molecule has 0 fully saturated rings. The number of hydrogen-bond donors (Lipinski definition) is 0. The van der Waals surface area contributed by atoms with Gasteiger partial charge < -0.3 is 4.90 Å². The molecule has 2 aromatic rings. The summed E-state index contributed by atoms with van der Waals surface area (Å²) in [5.74, 6) is -0.154. The van der Waals surface area contributed by atoms with Crippen LogP contribution < -0.4 is 4.90 Å². The first-order chi connectivity index (χ1) is 9.51. The van der Waals surface area contributed by atoms with Crippen LogP contribution in [0.15, 0.2) is 30.3 Å². The number of aryl methyl sites for hydroxylation is 2. The predicted octanol–water partition coefficient (Wildman–Crippen LogP) is 4.21. The van der Waals surface area contributed by atoms with Gasteiger partial charge in [0.05, 0.1) is 6.54 Å². The molecule has 0 saturated heterocycles. The van der Waals surface area contributed by atoms with Gasteiger partial charge in [-0.1, -0.05) is 0 Å². The van der Waals surface area contributed by atoms with Gasteiger partial charge in [0, 0.05) is 27.5 Å². The Morgan fingerprint density at radius 2 is 1.90 bits per heavy atom. The number of rotatable bonds is 5. The van der Waals surface area contributed by atoms with Crippen molar-refractivity contribution in [2.45, 2.75) is 20.8 Å². The van der Waals surface area contributed by atoms with Crippen molar-refractivity contribution in [2.75, 3.05) is 18.0 Å². The van der Waals surface area contributed by atoms with E-state index < -0.39 is 0 Å². The van der Waals surface area contributed by atoms with Gasteiger partial charge in [-0.05, 0) is 51.1 Å². The Morgan fingerprint density at radius 3 is 2.40 bits per heavy atom. The van der Waals surface area contributed by atoms with Crippen molar-refractivity contribution in [3.8, 4) is 0 Å². The molecule has 0 atom stereocenters. The van der Waals surface area contributed by atoms with Gasteiger partial charge in [0.15, 0.2) is 5.78 Å². The summed E-state index contributed by atoms with van der Waals surface area (Å²) in [6.07, 6.45) is 0. The van der Waals surface area contributed by atoms with Crippen LogP contribution in [0.3, 0.4) is 0 Å². The minimum Gasteiger partial charge on any atom is -0.364 e. The summed E-state index contributed by atoms with van der Waals surface area (Å²) < 4.78 is 13.0. The number of Topliss-reactive ketones (excluding diaryl/α,β-unsaturated/α-hetero) is 1. The first-order valence-corrected chi connectivity index (χ1v) is 7.43. The van der Waals surface area contributed by atoms with E-state index in [9.17, 15) is 9.18 Å². The standard InChI is InChI=1S/C16H18FNOS/c1-4-18(14-7-5-13(17)6-8-14)10-16(19)15-9-11(2)20-12(15)3/h5-9H,4,10H2,1-3H3. The van der Waals surface area contributed by atoms with E-state index in [2.05, 4.69) is 0 Å². The van der Waals surface area contributed by atoms with Crippen LogP contribution in [-0.4, -0.2) is 18.9 Å². The molecule has 0 aliphatic rings. The van der Waals surface area contributed by atoms with Gasteiger partial charge in [0.2, 0.25) is 0 Å². The Labute approximate surface area is 122 Å². The smallest absolute Gasteiger partial charge is 0.183 e. The van der Waals surface area contributed by atoms with E-state index in [0.29, 0.717) is 13.1 Å². The quantitative estimate of drug-likeness (QED) is 0.769. The lowest BCUT2D eigenvalue weighted by Crippen LogP contribution is -2.29. The van der Waals surface area contributed by atoms with Crippen molar-refractivity contribution in [1.82, 2.24) is 0 Å². The number of likely N-dealkylation sites (N-methyl/N-ethyl adjacent to an activating group) is 1. The Kier molecular flexibility index (Phi) is 4.55. The summed E-state index contributed by atoms with van der Waals surface area (Å²) in [6, 6.07) is 8.20. The monoisotopic (exact) mass is 291 g/mol. The Balaban J connectivity index is 2.16. The van der Waals surface area contributed by atoms with Gasteiger partial charge in [-0.15, -0.1) is 11.3 Å². The zero-order valence-electron chi connectivity index (χ0n) is 11.9. The van der Waals surface area contributed by atoms with Crippen LogP contribution >= 0.6 is 11.3 Å². The molecular weight excluding hydrogens is 273 g/mol. The van der Waals surface area contributed by atoms with E-state index in [4.69, 9.17) is 0 Å². The third kappa shape index (κ3) is 3.25. The van der Waals surface area contributed by atoms with E-state index in [1.54, 1.807) is 23.5 Å². The molecule has 0 aliphatic carbocycles. The van der Waals surface area contributed by atoms with Crippen molar-refractivity contribution < 1.29 is 9.18 Å². The number of carbonyl (C=O) groups is 1. The maximum Gasteiger partial charge on any atom is 0.183 e. The molecule has 0 bridgehead atoms. The molecule has 0 N–H and O–H groups in total. The first-order valence-electron chi connectivity index (χ1n) is 6.62. The van der Waals surface area contributed by atoms with Gasteiger partial charge >= 0.3 is 0 Å². The molecule has 1 aromatic heterocycles. The fourth-order valence-electron chi connectivity index (χ4n) is 2.20. The highest BCUT2D eigenvalue weighted by atomic mass is 32.1. The highest BCUT2D eigenvalue weighted by Crippen LogP contribution is 2.22. The van der Waals surface area contributed by atoms with Crippen LogP contribution in [0.4, 0.5) is 10.1 Å². The van der Waals surface area contributed by atoms with E-state index in [1.165, 1.54) is 12.1 Å². The summed E-state index contributed by atoms with van der Waals surface area (Å²) in [5.41, 5.74) is 1.67. The number of nitrogens with zero attached hydrogens (tertiary/aromatic N) is 1. The topological polar surface area (TPSA) is 20.3 Å². The number of carbonyl (C=O) groups excluding carboxylic acids is 1. The molecule has 0 radical (unpaired) electrons. The number of anilines is 1. The molecule has 0 unspecified atom stereocenters. The number of benzene rings is 1. The van der Waals surface area contributed by atoms with Crippen molar-refractivity contribution in [3.05, 3.63) is 51.5 Å². The number of ketones is 1. The van der Waals surface area contributed by atoms with Crippen molar-refractivity contribution >= 4 is 22.8 Å². The van der Waals surface area contributed by atoms with E-state index in [-0.39, 0.29) is 11.6 Å². The first kappa shape index (κ1) is 14.7. The fourth-order valence-corrected chi connectivity index (χ4v) is 3.15. The van der Waals surface area contributed by atoms with Crippen LogP contribution in [0.1, 0.15) is 27.0 Å². The average molecular weight is 291 g/mol. The maximum absolute atomic E-state index is 13.0. The Hall–Kier alpha value is -1.68. The summed E-state index contributed by atoms with van der Waals surface area (Å²) in [5, 5.41) is 0. The number of thiophene rings is 1. The van der Waals surface area contributed by atoms with Gasteiger partial charge in [0.1, 0.15) is 5.82 Å². The molecule has 2 rings (SSSR count). The number of hydrogen-bond acceptors (Lipinski definition) is 3. The average Bonchev–Trinajstić information content (AvgIpc) is 2.76. The van der Waals surface area contributed by atoms with Crippen molar-refractivity contribution in [1.29, 1.82) is 0 Å². The second kappa shape index (κ2) is 6.18. The van der Waals surface area contributed by atoms with Crippen LogP contribution in [0.2, 0.25) is 0 Å². The van der Waals surface area contributed by atoms with Gasteiger partial charge in [-0.25, -0.2) is 4.39 Å². The Bertz CT molecular complexity index is 603. The van der Waals surface area contributed by atoms with Crippen molar-refractivity contribution in [3.63, 3.8) is 0 Å². The molecule has 2 nitrogen and oxygen atoms in total. The van der Waals surface area contributed by atoms with E-state index in [0.717, 1.165) is 21.0 Å². The molecule has 0 spiro atoms. The van der Waals surface area contributed by atoms with Crippen molar-refractivity contribution in [2.24, 2.45) is 0 Å². The maximum atomic E-state index is 13.0. The Morgan fingerprint density at radius 1 is 1.25 bits per heavy atom. The SMILES string of the molecule is CCN(CC(=O)c1cc(C)sc1C)c1ccc(F)cc1. The molecule has 20 heavy (non-hydrogen) atoms. The van der Waals surface area contributed by atoms with Gasteiger partial charge in [0.25, 0.3) is 0 Å². The molecule has 1 heterocycles. The highest BCUT2D eigenvalue weighted by Gasteiger charge is 2.15. The summed E-state index contributed by atoms with van der Waals surface area (Å²) in [4.78, 5) is 16.5. The predicted molar refractivity (Wildman–Crippen MR) is 82.4 cm³/mol. The van der Waals surface area contributed by atoms with Gasteiger partial charge in [-0.2, -0.15) is 0 Å². The van der Waals surface area contributed by atoms with Crippen LogP contribution in [0.5, 0.6) is 0 Å². The normalized spacial score (nSPS) is 10.6. The van der Waals surface area contributed by atoms with Gasteiger partial charge in [-0.3, -0.25) is 4.79 Å². The highest BCUT2D eigenvalue weighted by molar-refractivity contribution is 7.12. The van der Waals surface area contributed by atoms with E-state index in [1.807, 2.05) is 31.7 Å². The molecule has 0 aliphatic heterocycles. The van der Waals surface area contributed by atoms with Crippen LogP contribution in [0, 0.1) is 19.7 Å². The lowest BCUT2D eigenvalue weighted by Gasteiger charge is -2.22. The van der Waals surface area contributed by atoms with Crippen LogP contribution in [0.25, 0.3) is 0 Å². The molecule has 0 amide bonds. The van der Waals surface area contributed by atoms with E-state index >= 15 is 0 Å². The number of halogens is 1. The lowest BCUT2D eigenvalue weighted by atomic mass is 10.1. The minimum atomic E-state index is -0.263.